The van der Waals surface area contributed by atoms with Crippen molar-refractivity contribution in [2.45, 2.75) is 30.6 Å². The van der Waals surface area contributed by atoms with Gasteiger partial charge in [-0.3, -0.25) is 0 Å². The van der Waals surface area contributed by atoms with Crippen LogP contribution in [0.1, 0.15) is 29.8 Å². The lowest BCUT2D eigenvalue weighted by molar-refractivity contribution is 0.0690. The maximum Gasteiger partial charge on any atom is 0.354 e. The van der Waals surface area contributed by atoms with Gasteiger partial charge < -0.3 is 10.4 Å². The number of hydrogen-bond donors (Lipinski definition) is 2. The molecule has 1 aromatic heterocycles. The summed E-state index contributed by atoms with van der Waals surface area (Å²) in [4.78, 5) is 14.5. The fourth-order valence-corrected chi connectivity index (χ4v) is 2.92. The van der Waals surface area contributed by atoms with E-state index in [1.165, 1.54) is 25.3 Å². The zero-order chi connectivity index (χ0) is 12.3. The molecule has 5 heteroatoms. The van der Waals surface area contributed by atoms with Crippen LogP contribution in [0.3, 0.4) is 0 Å². The number of pyridine rings is 1. The average Bonchev–Trinajstić information content (AvgIpc) is 2.77. The van der Waals surface area contributed by atoms with E-state index in [2.05, 4.69) is 16.6 Å². The van der Waals surface area contributed by atoms with Crippen molar-refractivity contribution < 1.29 is 9.90 Å². The van der Waals surface area contributed by atoms with E-state index < -0.39 is 5.97 Å². The first-order chi connectivity index (χ1) is 8.19. The molecule has 2 unspecified atom stereocenters. The highest BCUT2D eigenvalue weighted by molar-refractivity contribution is 7.99. The van der Waals surface area contributed by atoms with Gasteiger partial charge in [0.15, 0.2) is 0 Å². The number of rotatable bonds is 4. The SMILES string of the molecule is CSC1CCC(Nc2ccc(C(=O)O)nc2)C1. The number of nitrogens with zero attached hydrogens (tertiary/aromatic N) is 1. The maximum atomic E-state index is 10.7. The number of aromatic carboxylic acids is 1. The van der Waals surface area contributed by atoms with Gasteiger partial charge in [-0.1, -0.05) is 0 Å². The monoisotopic (exact) mass is 252 g/mol. The third kappa shape index (κ3) is 3.12. The molecular formula is C12H16N2O2S. The summed E-state index contributed by atoms with van der Waals surface area (Å²) in [5.74, 6) is -0.986. The number of carboxylic acids is 1. The van der Waals surface area contributed by atoms with Crippen molar-refractivity contribution in [1.29, 1.82) is 0 Å². The van der Waals surface area contributed by atoms with Gasteiger partial charge in [0.25, 0.3) is 0 Å². The van der Waals surface area contributed by atoms with E-state index in [4.69, 9.17) is 5.11 Å². The normalized spacial score (nSPS) is 23.6. The summed E-state index contributed by atoms with van der Waals surface area (Å²) in [7, 11) is 0. The molecule has 0 aliphatic heterocycles. The molecule has 1 heterocycles. The van der Waals surface area contributed by atoms with Crippen LogP contribution in [0, 0.1) is 0 Å². The molecule has 1 fully saturated rings. The van der Waals surface area contributed by atoms with E-state index in [-0.39, 0.29) is 5.69 Å². The zero-order valence-electron chi connectivity index (χ0n) is 9.72. The molecule has 2 rings (SSSR count). The van der Waals surface area contributed by atoms with Gasteiger partial charge in [-0.2, -0.15) is 11.8 Å². The first-order valence-electron chi connectivity index (χ1n) is 5.67. The molecule has 2 N–H and O–H groups in total. The predicted octanol–water partition coefficient (Wildman–Crippen LogP) is 2.48. The van der Waals surface area contributed by atoms with Crippen molar-refractivity contribution in [3.05, 3.63) is 24.0 Å². The van der Waals surface area contributed by atoms with Crippen LogP contribution >= 0.6 is 11.8 Å². The van der Waals surface area contributed by atoms with Crippen molar-refractivity contribution in [2.75, 3.05) is 11.6 Å². The van der Waals surface area contributed by atoms with Gasteiger partial charge in [0.05, 0.1) is 11.9 Å². The maximum absolute atomic E-state index is 10.7. The van der Waals surface area contributed by atoms with E-state index in [0.717, 1.165) is 10.9 Å². The third-order valence-electron chi connectivity index (χ3n) is 3.07. The Morgan fingerprint density at radius 1 is 1.53 bits per heavy atom. The lowest BCUT2D eigenvalue weighted by Gasteiger charge is -2.13. The summed E-state index contributed by atoms with van der Waals surface area (Å²) >= 11 is 1.92. The number of carboxylic acid groups (broad SMARTS) is 1. The van der Waals surface area contributed by atoms with E-state index in [0.29, 0.717) is 6.04 Å². The van der Waals surface area contributed by atoms with Crippen LogP contribution in [0.25, 0.3) is 0 Å². The molecule has 1 aliphatic rings. The number of aromatic nitrogens is 1. The number of anilines is 1. The highest BCUT2D eigenvalue weighted by Crippen LogP contribution is 2.30. The van der Waals surface area contributed by atoms with Crippen molar-refractivity contribution in [3.8, 4) is 0 Å². The molecule has 0 aromatic carbocycles. The molecule has 0 spiro atoms. The second-order valence-corrected chi connectivity index (χ2v) is 5.39. The molecule has 17 heavy (non-hydrogen) atoms. The molecule has 0 bridgehead atoms. The topological polar surface area (TPSA) is 62.2 Å². The lowest BCUT2D eigenvalue weighted by atomic mass is 10.2. The van der Waals surface area contributed by atoms with Gasteiger partial charge >= 0.3 is 5.97 Å². The molecule has 4 nitrogen and oxygen atoms in total. The Hall–Kier alpha value is -1.23. The van der Waals surface area contributed by atoms with Crippen LogP contribution < -0.4 is 5.32 Å². The quantitative estimate of drug-likeness (QED) is 0.862. The van der Waals surface area contributed by atoms with Crippen molar-refractivity contribution in [3.63, 3.8) is 0 Å². The van der Waals surface area contributed by atoms with Gasteiger partial charge in [-0.05, 0) is 37.7 Å². The Morgan fingerprint density at radius 3 is 2.88 bits per heavy atom. The first-order valence-corrected chi connectivity index (χ1v) is 6.96. The van der Waals surface area contributed by atoms with Gasteiger partial charge in [0, 0.05) is 11.3 Å². The summed E-state index contributed by atoms with van der Waals surface area (Å²) < 4.78 is 0. The number of hydrogen-bond acceptors (Lipinski definition) is 4. The molecule has 2 atom stereocenters. The molecule has 1 aliphatic carbocycles. The molecule has 1 saturated carbocycles. The smallest absolute Gasteiger partial charge is 0.354 e. The van der Waals surface area contributed by atoms with E-state index in [9.17, 15) is 4.79 Å². The van der Waals surface area contributed by atoms with Gasteiger partial charge in [0.2, 0.25) is 0 Å². The highest BCUT2D eigenvalue weighted by atomic mass is 32.2. The summed E-state index contributed by atoms with van der Waals surface area (Å²) in [6, 6.07) is 3.80. The van der Waals surface area contributed by atoms with Crippen molar-refractivity contribution in [1.82, 2.24) is 4.98 Å². The molecule has 0 radical (unpaired) electrons. The Labute approximate surface area is 105 Å². The van der Waals surface area contributed by atoms with E-state index in [1.54, 1.807) is 12.3 Å². The van der Waals surface area contributed by atoms with Gasteiger partial charge in [-0.25, -0.2) is 9.78 Å². The Morgan fingerprint density at radius 2 is 2.35 bits per heavy atom. The minimum Gasteiger partial charge on any atom is -0.477 e. The fraction of sp³-hybridized carbons (Fsp3) is 0.500. The van der Waals surface area contributed by atoms with Crippen LogP contribution in [-0.2, 0) is 0 Å². The van der Waals surface area contributed by atoms with E-state index >= 15 is 0 Å². The third-order valence-corrected chi connectivity index (χ3v) is 4.17. The van der Waals surface area contributed by atoms with Gasteiger partial charge in [-0.15, -0.1) is 0 Å². The van der Waals surface area contributed by atoms with Gasteiger partial charge in [0.1, 0.15) is 5.69 Å². The first kappa shape index (κ1) is 12.2. The summed E-state index contributed by atoms with van der Waals surface area (Å²) in [5.41, 5.74) is 0.991. The molecule has 92 valence electrons. The lowest BCUT2D eigenvalue weighted by Crippen LogP contribution is -2.16. The standard InChI is InChI=1S/C12H16N2O2S/c1-17-10-4-2-8(6-10)14-9-3-5-11(12(15)16)13-7-9/h3,5,7-8,10,14H,2,4,6H2,1H3,(H,15,16). The average molecular weight is 252 g/mol. The Kier molecular flexibility index (Phi) is 3.89. The Balaban J connectivity index is 1.93. The minimum absolute atomic E-state index is 0.0870. The van der Waals surface area contributed by atoms with Crippen LogP contribution in [0.15, 0.2) is 18.3 Å². The Bertz CT molecular complexity index is 394. The number of carbonyl (C=O) groups is 1. The van der Waals surface area contributed by atoms with Crippen molar-refractivity contribution in [2.24, 2.45) is 0 Å². The van der Waals surface area contributed by atoms with E-state index in [1.807, 2.05) is 11.8 Å². The van der Waals surface area contributed by atoms with Crippen LogP contribution in [0.5, 0.6) is 0 Å². The molecule has 1 aromatic rings. The summed E-state index contributed by atoms with van der Waals surface area (Å²) in [6.07, 6.45) is 7.33. The molecular weight excluding hydrogens is 236 g/mol. The number of thioether (sulfide) groups is 1. The fourth-order valence-electron chi connectivity index (χ4n) is 2.13. The molecule has 0 saturated heterocycles. The summed E-state index contributed by atoms with van der Waals surface area (Å²) in [5, 5.41) is 12.9. The van der Waals surface area contributed by atoms with Crippen LogP contribution in [0.4, 0.5) is 5.69 Å². The minimum atomic E-state index is -0.986. The predicted molar refractivity (Wildman–Crippen MR) is 69.8 cm³/mol. The largest absolute Gasteiger partial charge is 0.477 e. The molecule has 0 amide bonds. The zero-order valence-corrected chi connectivity index (χ0v) is 10.5. The second kappa shape index (κ2) is 5.40. The highest BCUT2D eigenvalue weighted by Gasteiger charge is 2.23. The van der Waals surface area contributed by atoms with Crippen LogP contribution in [0.2, 0.25) is 0 Å². The van der Waals surface area contributed by atoms with Crippen molar-refractivity contribution >= 4 is 23.4 Å². The summed E-state index contributed by atoms with van der Waals surface area (Å²) in [6.45, 7) is 0. The number of nitrogens with one attached hydrogen (secondary N) is 1. The second-order valence-electron chi connectivity index (χ2n) is 4.25. The van der Waals surface area contributed by atoms with Crippen LogP contribution in [-0.4, -0.2) is 33.6 Å².